The van der Waals surface area contributed by atoms with Gasteiger partial charge >= 0.3 is 0 Å². The minimum Gasteiger partial charge on any atom is -0.507 e. The van der Waals surface area contributed by atoms with Gasteiger partial charge in [0.1, 0.15) is 22.7 Å². The van der Waals surface area contributed by atoms with E-state index < -0.39 is 0 Å². The zero-order valence-electron chi connectivity index (χ0n) is 27.6. The van der Waals surface area contributed by atoms with Crippen molar-refractivity contribution in [3.05, 3.63) is 170 Å². The fraction of sp³-hybridized carbons (Fsp3) is 0. The van der Waals surface area contributed by atoms with Crippen LogP contribution in [0.2, 0.25) is 0 Å². The molecule has 1 N–H and O–H groups in total. The molecule has 0 saturated heterocycles. The Morgan fingerprint density at radius 3 is 2.08 bits per heavy atom. The van der Waals surface area contributed by atoms with E-state index >= 15 is 0 Å². The van der Waals surface area contributed by atoms with Gasteiger partial charge in [0.05, 0.1) is 11.3 Å². The third kappa shape index (κ3) is 5.13. The molecule has 10 aromatic rings. The average Bonchev–Trinajstić information content (AvgIpc) is 3.74. The molecule has 0 aliphatic heterocycles. The quantitative estimate of drug-likeness (QED) is 0.175. The number of hydrogen-bond donors (Lipinski definition) is 1. The van der Waals surface area contributed by atoms with Crippen molar-refractivity contribution in [2.24, 2.45) is 0 Å². The van der Waals surface area contributed by atoms with Gasteiger partial charge in [-0.3, -0.25) is 0 Å². The zero-order valence-corrected chi connectivity index (χ0v) is 29.9. The Morgan fingerprint density at radius 2 is 1.27 bits per heavy atom. The van der Waals surface area contributed by atoms with Crippen LogP contribution in [0.1, 0.15) is 0 Å². The molecule has 0 amide bonds. The zero-order chi connectivity index (χ0) is 33.9. The number of hydrogen-bond acceptors (Lipinski definition) is 4. The molecular weight excluding hydrogens is 822 g/mol. The number of fused-ring (bicyclic) bond motifs is 6. The average molecular weight is 850 g/mol. The van der Waals surface area contributed by atoms with E-state index in [1.807, 2.05) is 72.8 Å². The number of phenolic OH excluding ortho intramolecular Hbond substituents is 1. The van der Waals surface area contributed by atoms with Crippen molar-refractivity contribution in [3.63, 3.8) is 0 Å². The molecule has 0 aliphatic rings. The number of aromatic nitrogens is 3. The number of benzene rings is 6. The molecule has 6 aromatic carbocycles. The summed E-state index contributed by atoms with van der Waals surface area (Å²) in [4.78, 5) is 9.95. The molecule has 0 fully saturated rings. The van der Waals surface area contributed by atoms with Gasteiger partial charge in [0.2, 0.25) is 0 Å². The number of para-hydroxylation sites is 2. The van der Waals surface area contributed by atoms with Crippen LogP contribution in [0.15, 0.2) is 168 Å². The monoisotopic (exact) mass is 849 g/mol. The van der Waals surface area contributed by atoms with Crippen LogP contribution in [0.5, 0.6) is 5.75 Å². The first-order valence-corrected chi connectivity index (χ1v) is 16.9. The Hall–Kier alpha value is -6.29. The molecule has 4 aromatic heterocycles. The first kappa shape index (κ1) is 31.7. The van der Waals surface area contributed by atoms with E-state index in [0.29, 0.717) is 22.7 Å². The second-order valence-corrected chi connectivity index (χ2v) is 12.7. The molecule has 6 heteroatoms. The fourth-order valence-electron chi connectivity index (χ4n) is 7.30. The maximum absolute atomic E-state index is 11.6. The Labute approximate surface area is 313 Å². The van der Waals surface area contributed by atoms with Gasteiger partial charge in [-0.25, -0.2) is 4.98 Å². The van der Waals surface area contributed by atoms with Crippen molar-refractivity contribution < 1.29 is 30.6 Å². The van der Waals surface area contributed by atoms with Crippen molar-refractivity contribution in [1.82, 2.24) is 14.5 Å². The van der Waals surface area contributed by atoms with E-state index in [0.717, 1.165) is 71.7 Å². The smallest absolute Gasteiger partial charge is 0.148 e. The molecule has 0 bridgehead atoms. The maximum atomic E-state index is 11.6. The van der Waals surface area contributed by atoms with Crippen molar-refractivity contribution in [1.29, 1.82) is 0 Å². The largest absolute Gasteiger partial charge is 0.507 e. The SMILES string of the molecule is Oc1ccc2c(oc3c(-c4ccccc4)cccc32)c1-c1cc(-c2ccccc2)cc(-n2c3[c-]c(-c4ccccn4)ccc3c3ccccc32)n1.[Pt]. The second kappa shape index (κ2) is 12.8. The van der Waals surface area contributed by atoms with Gasteiger partial charge in [-0.15, -0.1) is 23.8 Å². The van der Waals surface area contributed by atoms with E-state index in [4.69, 9.17) is 9.40 Å². The summed E-state index contributed by atoms with van der Waals surface area (Å²) in [5.74, 6) is 0.794. The number of pyridine rings is 2. The topological polar surface area (TPSA) is 64.1 Å². The third-order valence-electron chi connectivity index (χ3n) is 9.66. The fourth-order valence-corrected chi connectivity index (χ4v) is 7.30. The van der Waals surface area contributed by atoms with Crippen LogP contribution in [0.25, 0.3) is 94.3 Å². The van der Waals surface area contributed by atoms with Crippen LogP contribution in [0, 0.1) is 6.07 Å². The number of phenols is 1. The molecule has 10 rings (SSSR count). The molecule has 4 heterocycles. The van der Waals surface area contributed by atoms with Gasteiger partial charge in [0.15, 0.2) is 0 Å². The van der Waals surface area contributed by atoms with Gasteiger partial charge in [0, 0.05) is 49.1 Å². The Balaban J connectivity index is 0.00000360. The third-order valence-corrected chi connectivity index (χ3v) is 9.66. The van der Waals surface area contributed by atoms with E-state index in [-0.39, 0.29) is 26.8 Å². The minimum atomic E-state index is 0. The summed E-state index contributed by atoms with van der Waals surface area (Å²) in [6, 6.07) is 56.7. The number of furan rings is 1. The van der Waals surface area contributed by atoms with Crippen LogP contribution in [0.3, 0.4) is 0 Å². The van der Waals surface area contributed by atoms with E-state index in [1.165, 1.54) is 0 Å². The molecule has 5 nitrogen and oxygen atoms in total. The summed E-state index contributed by atoms with van der Waals surface area (Å²) in [6.45, 7) is 0. The predicted octanol–water partition coefficient (Wildman–Crippen LogP) is 11.6. The summed E-state index contributed by atoms with van der Waals surface area (Å²) >= 11 is 0. The molecule has 52 heavy (non-hydrogen) atoms. The van der Waals surface area contributed by atoms with E-state index in [9.17, 15) is 5.11 Å². The van der Waals surface area contributed by atoms with Crippen LogP contribution < -0.4 is 0 Å². The molecule has 0 spiro atoms. The van der Waals surface area contributed by atoms with E-state index in [1.54, 1.807) is 12.3 Å². The summed E-state index contributed by atoms with van der Waals surface area (Å²) in [5.41, 5.74) is 10.2. The molecule has 0 atom stereocenters. The predicted molar refractivity (Wildman–Crippen MR) is 206 cm³/mol. The minimum absolute atomic E-state index is 0. The van der Waals surface area contributed by atoms with Crippen molar-refractivity contribution in [2.75, 3.05) is 0 Å². The molecule has 0 aliphatic carbocycles. The van der Waals surface area contributed by atoms with Crippen molar-refractivity contribution >= 4 is 43.7 Å². The van der Waals surface area contributed by atoms with Crippen LogP contribution >= 0.6 is 0 Å². The molecule has 0 saturated carbocycles. The Kier molecular flexibility index (Phi) is 7.79. The maximum Gasteiger partial charge on any atom is 0.148 e. The first-order chi connectivity index (χ1) is 25.2. The number of nitrogens with zero attached hydrogens (tertiary/aromatic N) is 3. The number of aromatic hydroxyl groups is 1. The van der Waals surface area contributed by atoms with Crippen LogP contribution in [0.4, 0.5) is 0 Å². The first-order valence-electron chi connectivity index (χ1n) is 16.9. The van der Waals surface area contributed by atoms with Gasteiger partial charge in [-0.1, -0.05) is 115 Å². The van der Waals surface area contributed by atoms with Gasteiger partial charge < -0.3 is 19.1 Å². The molecule has 250 valence electrons. The van der Waals surface area contributed by atoms with Crippen molar-refractivity contribution in [3.8, 4) is 56.3 Å². The Bertz CT molecular complexity index is 2920. The summed E-state index contributed by atoms with van der Waals surface area (Å²) in [6.07, 6.45) is 1.80. The van der Waals surface area contributed by atoms with Gasteiger partial charge in [-0.05, 0) is 69.7 Å². The van der Waals surface area contributed by atoms with Gasteiger partial charge in [0.25, 0.3) is 0 Å². The van der Waals surface area contributed by atoms with Crippen LogP contribution in [-0.4, -0.2) is 19.6 Å². The number of rotatable bonds is 5. The standard InChI is InChI=1S/C46H28N3O2.Pt/c50-42-24-23-37-36-18-11-17-33(30-14-5-2-6-15-30)45(36)51-46(37)44(42)39-26-32(29-12-3-1-4-13-29)28-43(48-39)49-40-20-8-7-16-34(40)35-22-21-31(27-41(35)49)38-19-9-10-25-47-38;/h1-26,28,50H;/q-1;. The summed E-state index contributed by atoms with van der Waals surface area (Å²) in [7, 11) is 0. The summed E-state index contributed by atoms with van der Waals surface area (Å²) in [5, 5.41) is 15.7. The van der Waals surface area contributed by atoms with Gasteiger partial charge in [-0.2, -0.15) is 0 Å². The summed E-state index contributed by atoms with van der Waals surface area (Å²) < 4.78 is 8.93. The van der Waals surface area contributed by atoms with E-state index in [2.05, 4.69) is 94.5 Å². The van der Waals surface area contributed by atoms with Crippen LogP contribution in [-0.2, 0) is 21.1 Å². The molecule has 0 radical (unpaired) electrons. The molecular formula is C46H28N3O2Pt-. The molecule has 0 unspecified atom stereocenters. The second-order valence-electron chi connectivity index (χ2n) is 12.7. The van der Waals surface area contributed by atoms with Crippen molar-refractivity contribution in [2.45, 2.75) is 0 Å². The Morgan fingerprint density at radius 1 is 0.558 bits per heavy atom. The normalized spacial score (nSPS) is 11.4.